The molecule has 108 valence electrons. The van der Waals surface area contributed by atoms with Gasteiger partial charge in [-0.3, -0.25) is 0 Å². The van der Waals surface area contributed by atoms with E-state index in [9.17, 15) is 13.2 Å². The zero-order valence-corrected chi connectivity index (χ0v) is 12.2. The summed E-state index contributed by atoms with van der Waals surface area (Å²) in [5.74, 6) is -0.878. The van der Waals surface area contributed by atoms with Gasteiger partial charge in [-0.2, -0.15) is 0 Å². The van der Waals surface area contributed by atoms with E-state index in [0.717, 1.165) is 11.3 Å². The van der Waals surface area contributed by atoms with Gasteiger partial charge in [-0.1, -0.05) is 5.16 Å². The van der Waals surface area contributed by atoms with Gasteiger partial charge in [-0.15, -0.1) is 11.3 Å². The summed E-state index contributed by atoms with van der Waals surface area (Å²) < 4.78 is 31.1. The lowest BCUT2D eigenvalue weighted by molar-refractivity contribution is 0.0687. The van der Waals surface area contributed by atoms with E-state index in [1.165, 1.54) is 5.51 Å². The summed E-state index contributed by atoms with van der Waals surface area (Å²) in [5.41, 5.74) is 1.89. The molecule has 0 saturated carbocycles. The van der Waals surface area contributed by atoms with Crippen molar-refractivity contribution in [2.24, 2.45) is 0 Å². The summed E-state index contributed by atoms with van der Waals surface area (Å²) in [7, 11) is -3.95. The van der Waals surface area contributed by atoms with Gasteiger partial charge in [-0.05, 0) is 13.8 Å². The fraction of sp³-hybridized carbons (Fsp3) is 0.300. The van der Waals surface area contributed by atoms with E-state index in [0.29, 0.717) is 17.0 Å². The monoisotopic (exact) mass is 317 g/mol. The van der Waals surface area contributed by atoms with Crippen molar-refractivity contribution < 1.29 is 22.8 Å². The Labute approximate surface area is 118 Å². The Morgan fingerprint density at radius 1 is 1.50 bits per heavy atom. The van der Waals surface area contributed by atoms with E-state index >= 15 is 0 Å². The minimum absolute atomic E-state index is 0.0273. The Balaban J connectivity index is 2.24. The highest BCUT2D eigenvalue weighted by atomic mass is 32.2. The SMILES string of the molecule is Cc1noc(C)c1CNS(=O)(=O)c1scnc1C(=O)O. The van der Waals surface area contributed by atoms with Crippen molar-refractivity contribution in [3.8, 4) is 0 Å². The van der Waals surface area contributed by atoms with E-state index in [2.05, 4.69) is 14.9 Å². The highest BCUT2D eigenvalue weighted by molar-refractivity contribution is 7.91. The fourth-order valence-electron chi connectivity index (χ4n) is 1.56. The number of nitrogens with one attached hydrogen (secondary N) is 1. The van der Waals surface area contributed by atoms with Crippen LogP contribution in [0.2, 0.25) is 0 Å². The maximum absolute atomic E-state index is 12.1. The van der Waals surface area contributed by atoms with Crippen LogP contribution in [0.4, 0.5) is 0 Å². The molecule has 0 aromatic carbocycles. The number of aryl methyl sites for hydroxylation is 2. The second-order valence-corrected chi connectivity index (χ2v) is 6.74. The number of carboxylic acids is 1. The molecule has 10 heteroatoms. The summed E-state index contributed by atoms with van der Waals surface area (Å²) >= 11 is 0.749. The lowest BCUT2D eigenvalue weighted by Gasteiger charge is -2.05. The molecule has 2 N–H and O–H groups in total. The average Bonchev–Trinajstić information content (AvgIpc) is 2.96. The summed E-state index contributed by atoms with van der Waals surface area (Å²) in [6.07, 6.45) is 0. The topological polar surface area (TPSA) is 122 Å². The molecule has 0 bridgehead atoms. The average molecular weight is 317 g/mol. The van der Waals surface area contributed by atoms with Gasteiger partial charge in [0, 0.05) is 12.1 Å². The number of thiazole rings is 1. The zero-order valence-electron chi connectivity index (χ0n) is 10.6. The Morgan fingerprint density at radius 3 is 2.75 bits per heavy atom. The van der Waals surface area contributed by atoms with Crippen LogP contribution >= 0.6 is 11.3 Å². The molecule has 0 atom stereocenters. The van der Waals surface area contributed by atoms with Crippen LogP contribution in [0.15, 0.2) is 14.2 Å². The largest absolute Gasteiger partial charge is 0.476 e. The first-order valence-electron chi connectivity index (χ1n) is 5.41. The molecule has 2 aromatic rings. The van der Waals surface area contributed by atoms with Gasteiger partial charge < -0.3 is 9.63 Å². The number of rotatable bonds is 5. The molecule has 0 fully saturated rings. The molecule has 2 heterocycles. The van der Waals surface area contributed by atoms with Gasteiger partial charge in [0.15, 0.2) is 9.90 Å². The molecular formula is C10H11N3O5S2. The summed E-state index contributed by atoms with van der Waals surface area (Å²) in [5, 5.41) is 12.6. The summed E-state index contributed by atoms with van der Waals surface area (Å²) in [6.45, 7) is 3.33. The number of carboxylic acid groups (broad SMARTS) is 1. The first-order valence-corrected chi connectivity index (χ1v) is 7.77. The molecule has 0 aliphatic carbocycles. The molecule has 0 radical (unpaired) electrons. The van der Waals surface area contributed by atoms with Crippen LogP contribution in [-0.4, -0.2) is 29.6 Å². The van der Waals surface area contributed by atoms with Crippen molar-refractivity contribution >= 4 is 27.3 Å². The Morgan fingerprint density at radius 2 is 2.20 bits per heavy atom. The van der Waals surface area contributed by atoms with Crippen molar-refractivity contribution in [3.05, 3.63) is 28.2 Å². The van der Waals surface area contributed by atoms with Crippen LogP contribution in [0.3, 0.4) is 0 Å². The molecule has 0 aliphatic rings. The predicted molar refractivity (Wildman–Crippen MR) is 69.1 cm³/mol. The van der Waals surface area contributed by atoms with Gasteiger partial charge >= 0.3 is 5.97 Å². The van der Waals surface area contributed by atoms with Crippen LogP contribution in [0.1, 0.15) is 27.5 Å². The highest BCUT2D eigenvalue weighted by Crippen LogP contribution is 2.21. The van der Waals surface area contributed by atoms with E-state index in [1.807, 2.05) is 0 Å². The molecule has 2 rings (SSSR count). The molecule has 2 aromatic heterocycles. The Hall–Kier alpha value is -1.78. The predicted octanol–water partition coefficient (Wildman–Crippen LogP) is 0.925. The fourth-order valence-corrected chi connectivity index (χ4v) is 3.73. The quantitative estimate of drug-likeness (QED) is 0.840. The van der Waals surface area contributed by atoms with Crippen molar-refractivity contribution in [1.82, 2.24) is 14.9 Å². The third-order valence-electron chi connectivity index (χ3n) is 2.60. The zero-order chi connectivity index (χ0) is 14.9. The molecule has 8 nitrogen and oxygen atoms in total. The minimum Gasteiger partial charge on any atom is -0.476 e. The lowest BCUT2D eigenvalue weighted by atomic mass is 10.2. The maximum atomic E-state index is 12.1. The first kappa shape index (κ1) is 14.6. The van der Waals surface area contributed by atoms with E-state index < -0.39 is 21.7 Å². The number of nitrogens with zero attached hydrogens (tertiary/aromatic N) is 2. The summed E-state index contributed by atoms with van der Waals surface area (Å²) in [4.78, 5) is 14.4. The van der Waals surface area contributed by atoms with E-state index in [1.54, 1.807) is 13.8 Å². The number of aromatic nitrogens is 2. The van der Waals surface area contributed by atoms with Crippen molar-refractivity contribution in [2.75, 3.05) is 0 Å². The van der Waals surface area contributed by atoms with Gasteiger partial charge in [0.05, 0.1) is 11.2 Å². The van der Waals surface area contributed by atoms with Gasteiger partial charge in [0.1, 0.15) is 5.76 Å². The Bertz CT molecular complexity index is 727. The van der Waals surface area contributed by atoms with Gasteiger partial charge in [0.25, 0.3) is 10.0 Å². The van der Waals surface area contributed by atoms with Crippen molar-refractivity contribution in [3.63, 3.8) is 0 Å². The Kier molecular flexibility index (Phi) is 3.88. The van der Waals surface area contributed by atoms with Crippen molar-refractivity contribution in [2.45, 2.75) is 24.6 Å². The second kappa shape index (κ2) is 5.31. The first-order chi connectivity index (χ1) is 9.33. The van der Waals surface area contributed by atoms with Crippen molar-refractivity contribution in [1.29, 1.82) is 0 Å². The van der Waals surface area contributed by atoms with Crippen LogP contribution in [-0.2, 0) is 16.6 Å². The molecule has 0 saturated heterocycles. The third kappa shape index (κ3) is 2.71. The molecule has 0 spiro atoms. The molecule has 0 aliphatic heterocycles. The maximum Gasteiger partial charge on any atom is 0.356 e. The molecular weight excluding hydrogens is 306 g/mol. The number of hydrogen-bond acceptors (Lipinski definition) is 7. The third-order valence-corrected chi connectivity index (χ3v) is 5.37. The standard InChI is InChI=1S/C10H11N3O5S2/c1-5-7(6(2)18-13-5)3-12-20(16,17)10-8(9(14)15)11-4-19-10/h4,12H,3H2,1-2H3,(H,14,15). The molecule has 20 heavy (non-hydrogen) atoms. The summed E-state index contributed by atoms with van der Waals surface area (Å²) in [6, 6.07) is 0. The number of aromatic carboxylic acids is 1. The minimum atomic E-state index is -3.95. The lowest BCUT2D eigenvalue weighted by Crippen LogP contribution is -2.24. The van der Waals surface area contributed by atoms with Crippen LogP contribution in [0.25, 0.3) is 0 Å². The van der Waals surface area contributed by atoms with Gasteiger partial charge in [-0.25, -0.2) is 22.9 Å². The highest BCUT2D eigenvalue weighted by Gasteiger charge is 2.26. The second-order valence-electron chi connectivity index (χ2n) is 3.92. The van der Waals surface area contributed by atoms with E-state index in [4.69, 9.17) is 9.63 Å². The van der Waals surface area contributed by atoms with Gasteiger partial charge in [0.2, 0.25) is 0 Å². The number of hydrogen-bond donors (Lipinski definition) is 2. The van der Waals surface area contributed by atoms with Crippen LogP contribution < -0.4 is 4.72 Å². The number of sulfonamides is 1. The normalized spacial score (nSPS) is 11.7. The molecule has 0 unspecified atom stereocenters. The van der Waals surface area contributed by atoms with Crippen LogP contribution in [0.5, 0.6) is 0 Å². The van der Waals surface area contributed by atoms with E-state index in [-0.39, 0.29) is 10.8 Å². The number of carbonyl (C=O) groups is 1. The molecule has 0 amide bonds. The van der Waals surface area contributed by atoms with Crippen LogP contribution in [0, 0.1) is 13.8 Å². The smallest absolute Gasteiger partial charge is 0.356 e.